The number of pyridine rings is 1. The summed E-state index contributed by atoms with van der Waals surface area (Å²) in [5, 5.41) is 3.09. The van der Waals surface area contributed by atoms with Crippen molar-refractivity contribution in [2.75, 3.05) is 19.5 Å². The highest BCUT2D eigenvalue weighted by Crippen LogP contribution is 2.30. The van der Waals surface area contributed by atoms with E-state index in [0.29, 0.717) is 34.6 Å². The fourth-order valence-corrected chi connectivity index (χ4v) is 2.92. The first-order valence-electron chi connectivity index (χ1n) is 8.68. The van der Waals surface area contributed by atoms with Gasteiger partial charge in [0, 0.05) is 36.3 Å². The van der Waals surface area contributed by atoms with E-state index in [1.165, 1.54) is 0 Å². The summed E-state index contributed by atoms with van der Waals surface area (Å²) in [6.07, 6.45) is 4.98. The number of methoxy groups -OCH3 is 2. The summed E-state index contributed by atoms with van der Waals surface area (Å²) >= 11 is 0. The molecule has 0 bridgehead atoms. The van der Waals surface area contributed by atoms with Gasteiger partial charge in [-0.15, -0.1) is 0 Å². The number of hydrogen-bond donors (Lipinski definition) is 2. The second-order valence-corrected chi connectivity index (χ2v) is 6.11. The van der Waals surface area contributed by atoms with Gasteiger partial charge in [-0.1, -0.05) is 0 Å². The van der Waals surface area contributed by atoms with E-state index in [1.54, 1.807) is 55.4 Å². The molecule has 0 aliphatic rings. The fraction of sp³-hybridized carbons (Fsp3) is 0.100. The topological polar surface area (TPSA) is 117 Å². The average molecular weight is 390 g/mol. The number of nitrogens with one attached hydrogen (secondary N) is 1. The normalized spacial score (nSPS) is 10.7. The van der Waals surface area contributed by atoms with Crippen molar-refractivity contribution >= 4 is 23.3 Å². The minimum absolute atomic E-state index is 0.260. The first-order chi connectivity index (χ1) is 14.1. The van der Waals surface area contributed by atoms with Crippen molar-refractivity contribution in [3.63, 3.8) is 0 Å². The van der Waals surface area contributed by atoms with Gasteiger partial charge >= 0.3 is 0 Å². The minimum atomic E-state index is -0.587. The molecule has 0 saturated carbocycles. The lowest BCUT2D eigenvalue weighted by atomic mass is 10.1. The molecule has 4 aromatic rings. The smallest absolute Gasteiger partial charge is 0.252 e. The van der Waals surface area contributed by atoms with E-state index in [2.05, 4.69) is 15.3 Å². The number of rotatable bonds is 6. The maximum atomic E-state index is 11.7. The molecule has 3 N–H and O–H groups in total. The second kappa shape index (κ2) is 7.47. The predicted molar refractivity (Wildman–Crippen MR) is 108 cm³/mol. The van der Waals surface area contributed by atoms with Gasteiger partial charge in [0.15, 0.2) is 0 Å². The van der Waals surface area contributed by atoms with Gasteiger partial charge in [-0.05, 0) is 24.3 Å². The van der Waals surface area contributed by atoms with Crippen molar-refractivity contribution in [3.8, 4) is 22.8 Å². The van der Waals surface area contributed by atoms with Crippen LogP contribution in [0.3, 0.4) is 0 Å². The molecule has 3 heterocycles. The Morgan fingerprint density at radius 2 is 1.83 bits per heavy atom. The van der Waals surface area contributed by atoms with Crippen molar-refractivity contribution in [3.05, 3.63) is 60.6 Å². The standard InChI is InChI=1S/C20H18N6O3/c1-28-13-8-12(9-14(10-13)29-2)16-11-17-22-6-7-26(17)20(24-16)25-19-15(18(21)27)4-3-5-23-19/h3-11H,1-2H3,(H2,21,27)(H,23,24,25). The maximum absolute atomic E-state index is 11.7. The molecule has 29 heavy (non-hydrogen) atoms. The Balaban J connectivity index is 1.85. The van der Waals surface area contributed by atoms with E-state index in [-0.39, 0.29) is 5.56 Å². The molecule has 0 aliphatic carbocycles. The molecule has 9 heteroatoms. The molecule has 0 saturated heterocycles. The maximum Gasteiger partial charge on any atom is 0.252 e. The number of amides is 1. The van der Waals surface area contributed by atoms with Crippen LogP contribution in [0.2, 0.25) is 0 Å². The summed E-state index contributed by atoms with van der Waals surface area (Å²) in [5.74, 6) is 1.43. The lowest BCUT2D eigenvalue weighted by molar-refractivity contribution is 0.100. The average Bonchev–Trinajstić information content (AvgIpc) is 3.22. The predicted octanol–water partition coefficient (Wildman–Crippen LogP) is 2.65. The number of fused-ring (bicyclic) bond motifs is 1. The minimum Gasteiger partial charge on any atom is -0.497 e. The van der Waals surface area contributed by atoms with Gasteiger partial charge in [0.1, 0.15) is 23.0 Å². The zero-order chi connectivity index (χ0) is 20.4. The van der Waals surface area contributed by atoms with E-state index in [4.69, 9.17) is 20.2 Å². The third-order valence-corrected chi connectivity index (χ3v) is 4.34. The molecule has 3 aromatic heterocycles. The molecule has 4 rings (SSSR count). The number of nitrogens with zero attached hydrogens (tertiary/aromatic N) is 4. The summed E-state index contributed by atoms with van der Waals surface area (Å²) in [6, 6.07) is 10.6. The number of aromatic nitrogens is 4. The summed E-state index contributed by atoms with van der Waals surface area (Å²) in [4.78, 5) is 25.0. The SMILES string of the molecule is COc1cc(OC)cc(-c2cc3nccn3c(Nc3ncccc3C(N)=O)n2)c1. The monoisotopic (exact) mass is 390 g/mol. The molecule has 9 nitrogen and oxygen atoms in total. The van der Waals surface area contributed by atoms with E-state index < -0.39 is 5.91 Å². The van der Waals surface area contributed by atoms with Gasteiger partial charge in [-0.25, -0.2) is 15.0 Å². The Kier molecular flexibility index (Phi) is 4.70. The summed E-state index contributed by atoms with van der Waals surface area (Å²) in [6.45, 7) is 0. The second-order valence-electron chi connectivity index (χ2n) is 6.11. The van der Waals surface area contributed by atoms with Gasteiger partial charge < -0.3 is 20.5 Å². The molecule has 0 spiro atoms. The molecular formula is C20H18N6O3. The lowest BCUT2D eigenvalue weighted by Gasteiger charge is -2.13. The Bertz CT molecular complexity index is 1180. The Hall–Kier alpha value is -4.14. The zero-order valence-corrected chi connectivity index (χ0v) is 15.8. The Labute approximate surface area is 166 Å². The zero-order valence-electron chi connectivity index (χ0n) is 15.8. The molecule has 0 atom stereocenters. The van der Waals surface area contributed by atoms with E-state index in [9.17, 15) is 4.79 Å². The number of carbonyl (C=O) groups is 1. The number of imidazole rings is 1. The van der Waals surface area contributed by atoms with Crippen LogP contribution in [0, 0.1) is 0 Å². The largest absolute Gasteiger partial charge is 0.497 e. The van der Waals surface area contributed by atoms with E-state index in [0.717, 1.165) is 5.56 Å². The lowest BCUT2D eigenvalue weighted by Crippen LogP contribution is -2.15. The number of benzene rings is 1. The highest BCUT2D eigenvalue weighted by Gasteiger charge is 2.14. The number of carbonyl (C=O) groups excluding carboxylic acids is 1. The molecule has 0 fully saturated rings. The number of anilines is 2. The quantitative estimate of drug-likeness (QED) is 0.520. The van der Waals surface area contributed by atoms with Gasteiger partial charge in [0.2, 0.25) is 5.95 Å². The van der Waals surface area contributed by atoms with Crippen LogP contribution in [-0.2, 0) is 0 Å². The number of nitrogens with two attached hydrogens (primary N) is 1. The van der Waals surface area contributed by atoms with Crippen LogP contribution in [0.4, 0.5) is 11.8 Å². The Morgan fingerprint density at radius 1 is 1.07 bits per heavy atom. The van der Waals surface area contributed by atoms with Crippen molar-refractivity contribution in [2.45, 2.75) is 0 Å². The first kappa shape index (κ1) is 18.2. The van der Waals surface area contributed by atoms with Gasteiger partial charge in [0.05, 0.1) is 25.5 Å². The molecule has 1 amide bonds. The highest BCUT2D eigenvalue weighted by atomic mass is 16.5. The Morgan fingerprint density at radius 3 is 2.52 bits per heavy atom. The summed E-state index contributed by atoms with van der Waals surface area (Å²) < 4.78 is 12.5. The number of primary amides is 1. The van der Waals surface area contributed by atoms with E-state index in [1.807, 2.05) is 18.2 Å². The molecule has 146 valence electrons. The van der Waals surface area contributed by atoms with Crippen LogP contribution < -0.4 is 20.5 Å². The molecule has 0 radical (unpaired) electrons. The number of ether oxygens (including phenoxy) is 2. The molecule has 1 aromatic carbocycles. The van der Waals surface area contributed by atoms with Gasteiger partial charge in [0.25, 0.3) is 5.91 Å². The third-order valence-electron chi connectivity index (χ3n) is 4.34. The van der Waals surface area contributed by atoms with Crippen molar-refractivity contribution in [1.82, 2.24) is 19.4 Å². The summed E-state index contributed by atoms with van der Waals surface area (Å²) in [5.41, 5.74) is 7.80. The van der Waals surface area contributed by atoms with Crippen LogP contribution in [0.15, 0.2) is 55.0 Å². The number of hydrogen-bond acceptors (Lipinski definition) is 7. The van der Waals surface area contributed by atoms with Gasteiger partial charge in [-0.3, -0.25) is 9.20 Å². The first-order valence-corrected chi connectivity index (χ1v) is 8.68. The fourth-order valence-electron chi connectivity index (χ4n) is 2.92. The molecule has 0 aliphatic heterocycles. The van der Waals surface area contributed by atoms with Crippen LogP contribution >= 0.6 is 0 Å². The highest BCUT2D eigenvalue weighted by molar-refractivity contribution is 5.98. The molecule has 0 unspecified atom stereocenters. The van der Waals surface area contributed by atoms with Crippen molar-refractivity contribution < 1.29 is 14.3 Å². The molecular weight excluding hydrogens is 372 g/mol. The van der Waals surface area contributed by atoms with Crippen molar-refractivity contribution in [2.24, 2.45) is 5.73 Å². The van der Waals surface area contributed by atoms with E-state index >= 15 is 0 Å². The van der Waals surface area contributed by atoms with Crippen LogP contribution in [0.1, 0.15) is 10.4 Å². The summed E-state index contributed by atoms with van der Waals surface area (Å²) in [7, 11) is 3.17. The van der Waals surface area contributed by atoms with Gasteiger partial charge in [-0.2, -0.15) is 0 Å². The van der Waals surface area contributed by atoms with Crippen LogP contribution in [-0.4, -0.2) is 39.5 Å². The van der Waals surface area contributed by atoms with Crippen molar-refractivity contribution in [1.29, 1.82) is 0 Å². The van der Waals surface area contributed by atoms with Crippen LogP contribution in [0.25, 0.3) is 16.9 Å². The van der Waals surface area contributed by atoms with Crippen LogP contribution in [0.5, 0.6) is 11.5 Å². The third kappa shape index (κ3) is 3.53.